The van der Waals surface area contributed by atoms with E-state index in [1.807, 2.05) is 0 Å². The zero-order valence-corrected chi connectivity index (χ0v) is 14.3. The molecule has 10 heteroatoms. The van der Waals surface area contributed by atoms with Gasteiger partial charge in [-0.25, -0.2) is 13.6 Å². The number of carbonyl (C=O) groups is 2. The molecule has 0 spiro atoms. The van der Waals surface area contributed by atoms with Gasteiger partial charge in [-0.3, -0.25) is 14.9 Å². The maximum atomic E-state index is 13.2. The number of benzene rings is 2. The molecule has 27 heavy (non-hydrogen) atoms. The average Bonchev–Trinajstić information content (AvgIpc) is 2.63. The van der Waals surface area contributed by atoms with Crippen molar-refractivity contribution in [2.75, 3.05) is 17.7 Å². The third-order valence-electron chi connectivity index (χ3n) is 3.54. The number of amides is 1. The summed E-state index contributed by atoms with van der Waals surface area (Å²) in [6.45, 7) is 1.27. The molecular formula is C17H15F2N3O5. The maximum Gasteiger partial charge on any atom is 0.341 e. The molecule has 1 amide bonds. The number of nitro benzene ring substituents is 1. The lowest BCUT2D eigenvalue weighted by atomic mass is 10.1. The molecule has 0 heterocycles. The summed E-state index contributed by atoms with van der Waals surface area (Å²) in [7, 11) is 1.51. The highest BCUT2D eigenvalue weighted by Gasteiger charge is 2.23. The lowest BCUT2D eigenvalue weighted by Crippen LogP contribution is -2.30. The minimum absolute atomic E-state index is 0.0203. The normalized spacial score (nSPS) is 11.4. The first-order valence-corrected chi connectivity index (χ1v) is 7.66. The van der Waals surface area contributed by atoms with Crippen LogP contribution in [0.15, 0.2) is 36.4 Å². The molecule has 8 nitrogen and oxygen atoms in total. The summed E-state index contributed by atoms with van der Waals surface area (Å²) in [4.78, 5) is 34.6. The molecule has 0 aliphatic heterocycles. The van der Waals surface area contributed by atoms with Gasteiger partial charge >= 0.3 is 5.97 Å². The molecule has 2 rings (SSSR count). The number of non-ortho nitro benzene ring substituents is 1. The van der Waals surface area contributed by atoms with Gasteiger partial charge in [-0.1, -0.05) is 0 Å². The molecule has 2 aromatic rings. The highest BCUT2D eigenvalue weighted by Crippen LogP contribution is 2.23. The van der Waals surface area contributed by atoms with Crippen LogP contribution in [-0.4, -0.2) is 30.0 Å². The van der Waals surface area contributed by atoms with Gasteiger partial charge in [0, 0.05) is 36.6 Å². The van der Waals surface area contributed by atoms with Gasteiger partial charge in [-0.2, -0.15) is 0 Å². The van der Waals surface area contributed by atoms with E-state index in [0.29, 0.717) is 0 Å². The first kappa shape index (κ1) is 19.8. The van der Waals surface area contributed by atoms with Crippen molar-refractivity contribution in [3.05, 3.63) is 63.7 Å². The summed E-state index contributed by atoms with van der Waals surface area (Å²) in [5.74, 6) is -3.97. The topological polar surface area (TPSA) is 111 Å². The molecule has 0 bridgehead atoms. The quantitative estimate of drug-likeness (QED) is 0.453. The Morgan fingerprint density at radius 1 is 1.15 bits per heavy atom. The molecule has 0 unspecified atom stereocenters. The number of rotatable bonds is 6. The molecule has 0 saturated heterocycles. The van der Waals surface area contributed by atoms with Crippen LogP contribution in [0.1, 0.15) is 17.3 Å². The number of nitro groups is 1. The summed E-state index contributed by atoms with van der Waals surface area (Å²) in [5.41, 5.74) is -0.189. The second-order valence-corrected chi connectivity index (χ2v) is 5.40. The van der Waals surface area contributed by atoms with Gasteiger partial charge in [0.2, 0.25) is 0 Å². The van der Waals surface area contributed by atoms with Crippen molar-refractivity contribution >= 4 is 28.9 Å². The van der Waals surface area contributed by atoms with Gasteiger partial charge in [0.25, 0.3) is 11.6 Å². The van der Waals surface area contributed by atoms with Gasteiger partial charge in [0.1, 0.15) is 0 Å². The Balaban J connectivity index is 2.12. The van der Waals surface area contributed by atoms with Crippen molar-refractivity contribution in [3.8, 4) is 0 Å². The molecule has 0 fully saturated rings. The fraction of sp³-hybridized carbons (Fsp3) is 0.176. The van der Waals surface area contributed by atoms with Crippen LogP contribution in [0.2, 0.25) is 0 Å². The summed E-state index contributed by atoms with van der Waals surface area (Å²) in [5, 5.41) is 15.8. The Morgan fingerprint density at radius 3 is 2.44 bits per heavy atom. The van der Waals surface area contributed by atoms with Gasteiger partial charge in [0.05, 0.1) is 10.5 Å². The predicted octanol–water partition coefficient (Wildman–Crippen LogP) is 3.10. The standard InChI is InChI=1S/C17H15F2N3O5/c1-9(16(23)21-10-3-5-13(18)14(19)7-10)27-17(24)12-8-11(22(25)26)4-6-15(12)20-2/h3-9,20H,1-2H3,(H,21,23)/t9-/m0/s1. The smallest absolute Gasteiger partial charge is 0.341 e. The lowest BCUT2D eigenvalue weighted by Gasteiger charge is -2.15. The van der Waals surface area contributed by atoms with Crippen molar-refractivity contribution in [1.82, 2.24) is 0 Å². The third kappa shape index (κ3) is 4.75. The van der Waals surface area contributed by atoms with Crippen molar-refractivity contribution in [1.29, 1.82) is 0 Å². The number of nitrogens with one attached hydrogen (secondary N) is 2. The fourth-order valence-electron chi connectivity index (χ4n) is 2.13. The molecule has 0 aliphatic rings. The molecule has 2 aromatic carbocycles. The van der Waals surface area contributed by atoms with Crippen LogP contribution in [0, 0.1) is 21.7 Å². The number of hydrogen-bond donors (Lipinski definition) is 2. The number of ether oxygens (including phenoxy) is 1. The van der Waals surface area contributed by atoms with Gasteiger partial charge in [0.15, 0.2) is 17.7 Å². The van der Waals surface area contributed by atoms with E-state index >= 15 is 0 Å². The Morgan fingerprint density at radius 2 is 1.85 bits per heavy atom. The number of halogens is 2. The van der Waals surface area contributed by atoms with Crippen molar-refractivity contribution in [2.24, 2.45) is 0 Å². The number of anilines is 2. The molecule has 0 aromatic heterocycles. The molecule has 142 valence electrons. The monoisotopic (exact) mass is 379 g/mol. The maximum absolute atomic E-state index is 13.2. The molecule has 1 atom stereocenters. The SMILES string of the molecule is CNc1ccc([N+](=O)[O-])cc1C(=O)O[C@@H](C)C(=O)Nc1ccc(F)c(F)c1. The summed E-state index contributed by atoms with van der Waals surface area (Å²) < 4.78 is 31.1. The van der Waals surface area contributed by atoms with Crippen LogP contribution in [0.4, 0.5) is 25.8 Å². The van der Waals surface area contributed by atoms with E-state index < -0.39 is 34.5 Å². The zero-order chi connectivity index (χ0) is 20.1. The van der Waals surface area contributed by atoms with E-state index in [0.717, 1.165) is 24.3 Å². The number of carbonyl (C=O) groups excluding carboxylic acids is 2. The van der Waals surface area contributed by atoms with E-state index in [1.54, 1.807) is 0 Å². The van der Waals surface area contributed by atoms with E-state index in [-0.39, 0.29) is 22.6 Å². The van der Waals surface area contributed by atoms with Crippen LogP contribution in [0.3, 0.4) is 0 Å². The summed E-state index contributed by atoms with van der Waals surface area (Å²) in [6.07, 6.45) is -1.30. The first-order chi connectivity index (χ1) is 12.7. The van der Waals surface area contributed by atoms with Gasteiger partial charge < -0.3 is 15.4 Å². The number of esters is 1. The lowest BCUT2D eigenvalue weighted by molar-refractivity contribution is -0.384. The average molecular weight is 379 g/mol. The minimum atomic E-state index is -1.30. The second kappa shape index (κ2) is 8.21. The number of nitrogens with zero attached hydrogens (tertiary/aromatic N) is 1. The van der Waals surface area contributed by atoms with Crippen molar-refractivity contribution < 1.29 is 28.0 Å². The second-order valence-electron chi connectivity index (χ2n) is 5.40. The first-order valence-electron chi connectivity index (χ1n) is 7.66. The van der Waals surface area contributed by atoms with Gasteiger partial charge in [-0.15, -0.1) is 0 Å². The van der Waals surface area contributed by atoms with E-state index in [1.165, 1.54) is 26.1 Å². The Bertz CT molecular complexity index is 904. The summed E-state index contributed by atoms with van der Waals surface area (Å²) in [6, 6.07) is 6.33. The molecule has 0 saturated carbocycles. The molecule has 2 N–H and O–H groups in total. The van der Waals surface area contributed by atoms with E-state index in [4.69, 9.17) is 4.74 Å². The zero-order valence-electron chi connectivity index (χ0n) is 14.3. The van der Waals surface area contributed by atoms with Crippen LogP contribution in [0.5, 0.6) is 0 Å². The Kier molecular flexibility index (Phi) is 6.01. The van der Waals surface area contributed by atoms with Crippen molar-refractivity contribution in [3.63, 3.8) is 0 Å². The Labute approximate surface area is 152 Å². The molecule has 0 aliphatic carbocycles. The van der Waals surface area contributed by atoms with Gasteiger partial charge in [-0.05, 0) is 25.1 Å². The van der Waals surface area contributed by atoms with Crippen LogP contribution >= 0.6 is 0 Å². The highest BCUT2D eigenvalue weighted by atomic mass is 19.2. The van der Waals surface area contributed by atoms with Crippen LogP contribution in [0.25, 0.3) is 0 Å². The van der Waals surface area contributed by atoms with E-state index in [9.17, 15) is 28.5 Å². The summed E-state index contributed by atoms with van der Waals surface area (Å²) >= 11 is 0. The minimum Gasteiger partial charge on any atom is -0.449 e. The van der Waals surface area contributed by atoms with E-state index in [2.05, 4.69) is 10.6 Å². The molecular weight excluding hydrogens is 364 g/mol. The van der Waals surface area contributed by atoms with Crippen LogP contribution in [-0.2, 0) is 9.53 Å². The fourth-order valence-corrected chi connectivity index (χ4v) is 2.13. The van der Waals surface area contributed by atoms with Crippen molar-refractivity contribution in [2.45, 2.75) is 13.0 Å². The van der Waals surface area contributed by atoms with Crippen LogP contribution < -0.4 is 10.6 Å². The Hall–Kier alpha value is -3.56. The number of hydrogen-bond acceptors (Lipinski definition) is 6. The highest BCUT2D eigenvalue weighted by molar-refractivity contribution is 6.00. The molecule has 0 radical (unpaired) electrons. The third-order valence-corrected chi connectivity index (χ3v) is 3.54. The predicted molar refractivity (Wildman–Crippen MR) is 92.5 cm³/mol. The largest absolute Gasteiger partial charge is 0.449 e.